The van der Waals surface area contributed by atoms with E-state index in [1.54, 1.807) is 19.1 Å². The number of ketones is 1. The van der Waals surface area contributed by atoms with Crippen molar-refractivity contribution in [2.45, 2.75) is 26.7 Å². The van der Waals surface area contributed by atoms with Crippen LogP contribution in [0.3, 0.4) is 0 Å². The Morgan fingerprint density at radius 3 is 1.79 bits per heavy atom. The molecule has 0 saturated heterocycles. The molecule has 2 heteroatoms. The zero-order valence-corrected chi connectivity index (χ0v) is 11.5. The van der Waals surface area contributed by atoms with Gasteiger partial charge in [-0.2, -0.15) is 0 Å². The molecule has 98 valence electrons. The van der Waals surface area contributed by atoms with Gasteiger partial charge in [0.05, 0.1) is 0 Å². The molecule has 2 aromatic carbocycles. The molecular formula is C17H18O2. The molecule has 0 fully saturated rings. The summed E-state index contributed by atoms with van der Waals surface area (Å²) >= 11 is 0. The van der Waals surface area contributed by atoms with Crippen LogP contribution in [0.5, 0.6) is 11.5 Å². The monoisotopic (exact) mass is 254 g/mol. The maximum atomic E-state index is 11.2. The lowest BCUT2D eigenvalue weighted by atomic mass is 10.0. The number of ether oxygens (including phenoxy) is 1. The van der Waals surface area contributed by atoms with Crippen LogP contribution in [0.1, 0.15) is 42.6 Å². The molecular weight excluding hydrogens is 236 g/mol. The predicted octanol–water partition coefficient (Wildman–Crippen LogP) is 4.80. The van der Waals surface area contributed by atoms with Crippen LogP contribution in [0.25, 0.3) is 0 Å². The summed E-state index contributed by atoms with van der Waals surface area (Å²) in [7, 11) is 0. The normalized spacial score (nSPS) is 10.5. The molecule has 0 unspecified atom stereocenters. The summed E-state index contributed by atoms with van der Waals surface area (Å²) in [6.07, 6.45) is 0. The molecule has 0 aliphatic rings. The number of carbonyl (C=O) groups excluding carboxylic acids is 1. The summed E-state index contributed by atoms with van der Waals surface area (Å²) < 4.78 is 5.74. The van der Waals surface area contributed by atoms with E-state index >= 15 is 0 Å². The van der Waals surface area contributed by atoms with Gasteiger partial charge in [0.25, 0.3) is 0 Å². The average Bonchev–Trinajstić information content (AvgIpc) is 2.40. The first kappa shape index (κ1) is 13.3. The standard InChI is InChI=1S/C17H18O2/c1-12(2)14-4-8-16(9-5-14)19-17-10-6-15(7-11-17)13(3)18/h4-12H,1-3H3. The van der Waals surface area contributed by atoms with Gasteiger partial charge in [-0.15, -0.1) is 0 Å². The van der Waals surface area contributed by atoms with E-state index in [1.807, 2.05) is 24.3 Å². The third-order valence-corrected chi connectivity index (χ3v) is 3.04. The molecule has 0 saturated carbocycles. The van der Waals surface area contributed by atoms with Crippen molar-refractivity contribution in [3.05, 3.63) is 59.7 Å². The largest absolute Gasteiger partial charge is 0.457 e. The summed E-state index contributed by atoms with van der Waals surface area (Å²) in [6, 6.07) is 15.3. The van der Waals surface area contributed by atoms with E-state index in [0.29, 0.717) is 11.5 Å². The molecule has 2 rings (SSSR count). The van der Waals surface area contributed by atoms with Crippen molar-refractivity contribution in [2.75, 3.05) is 0 Å². The van der Waals surface area contributed by atoms with E-state index in [1.165, 1.54) is 5.56 Å². The molecule has 0 amide bonds. The van der Waals surface area contributed by atoms with Gasteiger partial charge in [0.2, 0.25) is 0 Å². The molecule has 0 aliphatic heterocycles. The van der Waals surface area contributed by atoms with Crippen LogP contribution in [-0.2, 0) is 0 Å². The SMILES string of the molecule is CC(=O)c1ccc(Oc2ccc(C(C)C)cc2)cc1. The van der Waals surface area contributed by atoms with Crippen molar-refractivity contribution in [2.24, 2.45) is 0 Å². The Morgan fingerprint density at radius 2 is 1.37 bits per heavy atom. The topological polar surface area (TPSA) is 26.3 Å². The highest BCUT2D eigenvalue weighted by atomic mass is 16.5. The van der Waals surface area contributed by atoms with Gasteiger partial charge in [0.1, 0.15) is 11.5 Å². The van der Waals surface area contributed by atoms with Crippen LogP contribution < -0.4 is 4.74 Å². The molecule has 0 bridgehead atoms. The summed E-state index contributed by atoms with van der Waals surface area (Å²) in [6.45, 7) is 5.88. The predicted molar refractivity (Wildman–Crippen MR) is 77.1 cm³/mol. The first-order chi connectivity index (χ1) is 9.06. The molecule has 0 N–H and O–H groups in total. The lowest BCUT2D eigenvalue weighted by Gasteiger charge is -2.08. The second-order valence-electron chi connectivity index (χ2n) is 4.91. The summed E-state index contributed by atoms with van der Waals surface area (Å²) in [5.74, 6) is 2.12. The number of Topliss-reactive ketones (excluding diaryl/α,β-unsaturated/α-hetero) is 1. The molecule has 0 atom stereocenters. The number of rotatable bonds is 4. The minimum Gasteiger partial charge on any atom is -0.457 e. The van der Waals surface area contributed by atoms with Crippen molar-refractivity contribution in [1.82, 2.24) is 0 Å². The number of hydrogen-bond donors (Lipinski definition) is 0. The van der Waals surface area contributed by atoms with Gasteiger partial charge in [0.15, 0.2) is 5.78 Å². The molecule has 0 spiro atoms. The molecule has 0 heterocycles. The zero-order valence-electron chi connectivity index (χ0n) is 11.5. The van der Waals surface area contributed by atoms with Gasteiger partial charge in [-0.3, -0.25) is 4.79 Å². The van der Waals surface area contributed by atoms with Gasteiger partial charge in [0, 0.05) is 5.56 Å². The van der Waals surface area contributed by atoms with Crippen LogP contribution >= 0.6 is 0 Å². The minimum absolute atomic E-state index is 0.0628. The zero-order chi connectivity index (χ0) is 13.8. The molecule has 2 aromatic rings. The first-order valence-corrected chi connectivity index (χ1v) is 6.45. The number of benzene rings is 2. The first-order valence-electron chi connectivity index (χ1n) is 6.45. The number of hydrogen-bond acceptors (Lipinski definition) is 2. The quantitative estimate of drug-likeness (QED) is 0.732. The lowest BCUT2D eigenvalue weighted by Crippen LogP contribution is -1.92. The summed E-state index contributed by atoms with van der Waals surface area (Å²) in [4.78, 5) is 11.2. The van der Waals surface area contributed by atoms with E-state index < -0.39 is 0 Å². The average molecular weight is 254 g/mol. The Labute approximate surface area is 114 Å². The Bertz CT molecular complexity index is 551. The molecule has 0 aliphatic carbocycles. The fourth-order valence-corrected chi connectivity index (χ4v) is 1.81. The third-order valence-electron chi connectivity index (χ3n) is 3.04. The Morgan fingerprint density at radius 1 is 0.895 bits per heavy atom. The highest BCUT2D eigenvalue weighted by Crippen LogP contribution is 2.24. The van der Waals surface area contributed by atoms with E-state index in [4.69, 9.17) is 4.74 Å². The second kappa shape index (κ2) is 5.70. The summed E-state index contributed by atoms with van der Waals surface area (Å²) in [5.41, 5.74) is 1.99. The third kappa shape index (κ3) is 3.44. The fourth-order valence-electron chi connectivity index (χ4n) is 1.81. The van der Waals surface area contributed by atoms with Gasteiger partial charge in [-0.25, -0.2) is 0 Å². The van der Waals surface area contributed by atoms with Crippen molar-refractivity contribution in [3.63, 3.8) is 0 Å². The van der Waals surface area contributed by atoms with E-state index in [0.717, 1.165) is 11.5 Å². The Kier molecular flexibility index (Phi) is 4.00. The van der Waals surface area contributed by atoms with Crippen molar-refractivity contribution < 1.29 is 9.53 Å². The molecule has 0 aromatic heterocycles. The van der Waals surface area contributed by atoms with Crippen molar-refractivity contribution >= 4 is 5.78 Å². The van der Waals surface area contributed by atoms with Gasteiger partial charge in [-0.05, 0) is 54.8 Å². The maximum absolute atomic E-state index is 11.2. The van der Waals surface area contributed by atoms with Crippen LogP contribution in [0, 0.1) is 0 Å². The van der Waals surface area contributed by atoms with E-state index in [2.05, 4.69) is 26.0 Å². The van der Waals surface area contributed by atoms with Gasteiger partial charge < -0.3 is 4.74 Å². The van der Waals surface area contributed by atoms with Crippen LogP contribution in [0.15, 0.2) is 48.5 Å². The van der Waals surface area contributed by atoms with Crippen LogP contribution in [-0.4, -0.2) is 5.78 Å². The fraction of sp³-hybridized carbons (Fsp3) is 0.235. The second-order valence-corrected chi connectivity index (χ2v) is 4.91. The molecule has 0 radical (unpaired) electrons. The lowest BCUT2D eigenvalue weighted by molar-refractivity contribution is 0.101. The van der Waals surface area contributed by atoms with Crippen LogP contribution in [0.4, 0.5) is 0 Å². The highest BCUT2D eigenvalue weighted by molar-refractivity contribution is 5.94. The van der Waals surface area contributed by atoms with Gasteiger partial charge in [-0.1, -0.05) is 26.0 Å². The van der Waals surface area contributed by atoms with Crippen molar-refractivity contribution in [3.8, 4) is 11.5 Å². The van der Waals surface area contributed by atoms with Crippen molar-refractivity contribution in [1.29, 1.82) is 0 Å². The molecule has 19 heavy (non-hydrogen) atoms. The smallest absolute Gasteiger partial charge is 0.159 e. The minimum atomic E-state index is 0.0628. The summed E-state index contributed by atoms with van der Waals surface area (Å²) in [5, 5.41) is 0. The number of carbonyl (C=O) groups is 1. The van der Waals surface area contributed by atoms with Crippen LogP contribution in [0.2, 0.25) is 0 Å². The highest BCUT2D eigenvalue weighted by Gasteiger charge is 2.02. The Balaban J connectivity index is 2.10. The van der Waals surface area contributed by atoms with E-state index in [-0.39, 0.29) is 5.78 Å². The Hall–Kier alpha value is -2.09. The molecule has 2 nitrogen and oxygen atoms in total. The van der Waals surface area contributed by atoms with E-state index in [9.17, 15) is 4.79 Å². The maximum Gasteiger partial charge on any atom is 0.159 e. The van der Waals surface area contributed by atoms with Gasteiger partial charge >= 0.3 is 0 Å².